The largest absolute Gasteiger partial charge is 0.274 e. The molecule has 0 saturated carbocycles. The summed E-state index contributed by atoms with van der Waals surface area (Å²) >= 11 is 10.3. The van der Waals surface area contributed by atoms with E-state index in [9.17, 15) is 9.59 Å². The van der Waals surface area contributed by atoms with Crippen LogP contribution in [0.1, 0.15) is 22.3 Å². The first-order valence-electron chi connectivity index (χ1n) is 9.61. The lowest BCUT2D eigenvalue weighted by atomic mass is 9.54. The van der Waals surface area contributed by atoms with Crippen molar-refractivity contribution in [2.24, 2.45) is 11.8 Å². The molecule has 0 unspecified atom stereocenters. The van der Waals surface area contributed by atoms with E-state index >= 15 is 0 Å². The average Bonchev–Trinajstić information content (AvgIpc) is 3.04. The predicted octanol–water partition coefficient (Wildman–Crippen LogP) is 5.70. The van der Waals surface area contributed by atoms with Crippen LogP contribution in [0.2, 0.25) is 0 Å². The van der Waals surface area contributed by atoms with Crippen molar-refractivity contribution in [3.8, 4) is 0 Å². The van der Waals surface area contributed by atoms with Gasteiger partial charge in [-0.15, -0.1) is 0 Å². The first-order chi connectivity index (χ1) is 14.4. The van der Waals surface area contributed by atoms with Crippen molar-refractivity contribution in [2.45, 2.75) is 8.65 Å². The molecule has 3 nitrogen and oxygen atoms in total. The lowest BCUT2D eigenvalue weighted by Crippen LogP contribution is -2.56. The van der Waals surface area contributed by atoms with E-state index in [1.54, 1.807) is 0 Å². The van der Waals surface area contributed by atoms with Gasteiger partial charge in [-0.1, -0.05) is 80.4 Å². The third-order valence-electron chi connectivity index (χ3n) is 6.67. The Bertz CT molecular complexity index is 1130. The standard InChI is InChI=1S/C24H14Br2INO2/c25-23-15-5-1-2-6-16(15)24(26,18-8-4-3-7-17(18)23)20-19(23)21(29)28(22(20)30)14-11-9-13(27)10-12-14/h1-12,19-20H/t19-,20+,23?,24?. The molecule has 2 amide bonds. The van der Waals surface area contributed by atoms with Crippen LogP contribution < -0.4 is 4.90 Å². The monoisotopic (exact) mass is 633 g/mol. The van der Waals surface area contributed by atoms with E-state index in [2.05, 4.69) is 78.7 Å². The number of carbonyl (C=O) groups is 2. The lowest BCUT2D eigenvalue weighted by molar-refractivity contribution is -0.122. The van der Waals surface area contributed by atoms with Gasteiger partial charge in [0.05, 0.1) is 26.2 Å². The molecule has 2 atom stereocenters. The molecule has 4 aliphatic rings. The fraction of sp³-hybridized carbons (Fsp3) is 0.167. The second kappa shape index (κ2) is 6.26. The molecule has 0 aromatic heterocycles. The van der Waals surface area contributed by atoms with Crippen molar-refractivity contribution in [1.82, 2.24) is 0 Å². The molecule has 148 valence electrons. The maximum absolute atomic E-state index is 13.8. The van der Waals surface area contributed by atoms with Gasteiger partial charge in [-0.25, -0.2) is 4.90 Å². The maximum atomic E-state index is 13.8. The Labute approximate surface area is 204 Å². The number of anilines is 1. The van der Waals surface area contributed by atoms with Crippen molar-refractivity contribution in [3.05, 3.63) is 98.6 Å². The van der Waals surface area contributed by atoms with Crippen molar-refractivity contribution >= 4 is 72.0 Å². The number of hydrogen-bond acceptors (Lipinski definition) is 2. The second-order valence-electron chi connectivity index (χ2n) is 7.96. The number of carbonyl (C=O) groups excluding carboxylic acids is 2. The van der Waals surface area contributed by atoms with Crippen LogP contribution in [-0.2, 0) is 18.2 Å². The van der Waals surface area contributed by atoms with E-state index in [4.69, 9.17) is 0 Å². The van der Waals surface area contributed by atoms with Crippen LogP contribution in [0.4, 0.5) is 5.69 Å². The fourth-order valence-electron chi connectivity index (χ4n) is 5.51. The molecule has 30 heavy (non-hydrogen) atoms. The summed E-state index contributed by atoms with van der Waals surface area (Å²) in [4.78, 5) is 29.1. The Hall–Kier alpha value is -1.51. The van der Waals surface area contributed by atoms with E-state index in [1.807, 2.05) is 48.5 Å². The van der Waals surface area contributed by atoms with Gasteiger partial charge in [-0.2, -0.15) is 0 Å². The maximum Gasteiger partial charge on any atom is 0.239 e. The van der Waals surface area contributed by atoms with Crippen molar-refractivity contribution in [3.63, 3.8) is 0 Å². The number of alkyl halides is 2. The number of rotatable bonds is 1. The molecule has 7 rings (SSSR count). The molecule has 0 spiro atoms. The molecule has 0 radical (unpaired) electrons. The fourth-order valence-corrected chi connectivity index (χ4v) is 8.17. The van der Waals surface area contributed by atoms with E-state index in [1.165, 1.54) is 4.90 Å². The Morgan fingerprint density at radius 3 is 1.40 bits per heavy atom. The number of benzene rings is 3. The van der Waals surface area contributed by atoms with E-state index in [0.29, 0.717) is 5.69 Å². The van der Waals surface area contributed by atoms with E-state index in [0.717, 1.165) is 25.8 Å². The van der Waals surface area contributed by atoms with Crippen molar-refractivity contribution < 1.29 is 9.59 Å². The zero-order chi connectivity index (χ0) is 20.8. The van der Waals surface area contributed by atoms with Crippen LogP contribution in [0.3, 0.4) is 0 Å². The van der Waals surface area contributed by atoms with Gasteiger partial charge in [-0.05, 0) is 69.1 Å². The van der Waals surface area contributed by atoms with Crippen molar-refractivity contribution in [2.75, 3.05) is 4.90 Å². The quantitative estimate of drug-likeness (QED) is 0.196. The molecule has 0 N–H and O–H groups in total. The van der Waals surface area contributed by atoms with Crippen LogP contribution in [0.25, 0.3) is 0 Å². The van der Waals surface area contributed by atoms with Gasteiger partial charge in [0.1, 0.15) is 0 Å². The predicted molar refractivity (Wildman–Crippen MR) is 131 cm³/mol. The van der Waals surface area contributed by atoms with E-state index in [-0.39, 0.29) is 11.8 Å². The molecular weight excluding hydrogens is 621 g/mol. The van der Waals surface area contributed by atoms with Gasteiger partial charge in [0.25, 0.3) is 0 Å². The minimum atomic E-state index is -0.745. The zero-order valence-electron chi connectivity index (χ0n) is 15.5. The summed E-state index contributed by atoms with van der Waals surface area (Å²) in [7, 11) is 0. The molecular formula is C24H14Br2INO2. The number of halogens is 3. The third-order valence-corrected chi connectivity index (χ3v) is 10.1. The molecule has 2 bridgehead atoms. The number of imide groups is 1. The SMILES string of the molecule is O=C1[C@@H]2[C@H](C(=O)N1c1ccc(I)cc1)C1(Br)c3ccccc3C2(Br)c2ccccc21. The summed E-state index contributed by atoms with van der Waals surface area (Å²) < 4.78 is -0.433. The lowest BCUT2D eigenvalue weighted by Gasteiger charge is -2.55. The summed E-state index contributed by atoms with van der Waals surface area (Å²) in [5, 5.41) is 0. The first kappa shape index (κ1) is 19.2. The topological polar surface area (TPSA) is 37.4 Å². The van der Waals surface area contributed by atoms with Gasteiger partial charge in [0.15, 0.2) is 0 Å². The Kier molecular flexibility index (Phi) is 4.01. The Balaban J connectivity index is 1.66. The highest BCUT2D eigenvalue weighted by Crippen LogP contribution is 2.70. The molecule has 1 heterocycles. The van der Waals surface area contributed by atoms with Gasteiger partial charge in [0, 0.05) is 3.57 Å². The molecule has 6 heteroatoms. The molecule has 1 fully saturated rings. The molecule has 3 aromatic rings. The minimum Gasteiger partial charge on any atom is -0.274 e. The smallest absolute Gasteiger partial charge is 0.239 e. The summed E-state index contributed by atoms with van der Waals surface area (Å²) in [5.74, 6) is -1.38. The highest BCUT2D eigenvalue weighted by Gasteiger charge is 2.72. The van der Waals surface area contributed by atoms with Crippen LogP contribution in [0, 0.1) is 15.4 Å². The normalized spacial score (nSPS) is 30.8. The number of nitrogens with zero attached hydrogens (tertiary/aromatic N) is 1. The Morgan fingerprint density at radius 1 is 0.667 bits per heavy atom. The van der Waals surface area contributed by atoms with Crippen molar-refractivity contribution in [1.29, 1.82) is 0 Å². The van der Waals surface area contributed by atoms with Crippen LogP contribution in [0.5, 0.6) is 0 Å². The summed E-state index contributed by atoms with van der Waals surface area (Å²) in [6.45, 7) is 0. The summed E-state index contributed by atoms with van der Waals surface area (Å²) in [6, 6.07) is 23.8. The number of hydrogen-bond donors (Lipinski definition) is 0. The third kappa shape index (κ3) is 2.10. The summed E-state index contributed by atoms with van der Waals surface area (Å²) in [5.41, 5.74) is 4.82. The highest BCUT2D eigenvalue weighted by molar-refractivity contribution is 14.1. The zero-order valence-corrected chi connectivity index (χ0v) is 20.8. The van der Waals surface area contributed by atoms with Crippen LogP contribution in [-0.4, -0.2) is 11.8 Å². The highest BCUT2D eigenvalue weighted by atomic mass is 127. The molecule has 3 aliphatic carbocycles. The molecule has 1 saturated heterocycles. The Morgan fingerprint density at radius 2 is 1.03 bits per heavy atom. The molecule has 3 aromatic carbocycles. The van der Waals surface area contributed by atoms with Crippen LogP contribution >= 0.6 is 54.5 Å². The minimum absolute atomic E-state index is 0.157. The van der Waals surface area contributed by atoms with Gasteiger partial charge >= 0.3 is 0 Å². The van der Waals surface area contributed by atoms with Gasteiger partial charge in [-0.3, -0.25) is 9.59 Å². The molecule has 1 aliphatic heterocycles. The van der Waals surface area contributed by atoms with Gasteiger partial charge in [0.2, 0.25) is 11.8 Å². The van der Waals surface area contributed by atoms with Gasteiger partial charge < -0.3 is 0 Å². The van der Waals surface area contributed by atoms with E-state index < -0.39 is 20.5 Å². The first-order valence-corrected chi connectivity index (χ1v) is 12.3. The van der Waals surface area contributed by atoms with Crippen LogP contribution in [0.15, 0.2) is 72.8 Å². The number of amides is 2. The summed E-state index contributed by atoms with van der Waals surface area (Å²) in [6.07, 6.45) is 0. The second-order valence-corrected chi connectivity index (χ2v) is 11.7. The average molecular weight is 635 g/mol.